The Balaban J connectivity index is 0.000000154. The topological polar surface area (TPSA) is 322 Å². The molecule has 11 heterocycles. The van der Waals surface area contributed by atoms with Gasteiger partial charge in [-0.15, -0.1) is 0 Å². The molecule has 14 rings (SSSR count). The number of aromatic nitrogens is 9. The smallest absolute Gasteiger partial charge is 0.409 e. The van der Waals surface area contributed by atoms with Crippen LogP contribution in [0.25, 0.3) is 67.9 Å². The second-order valence-corrected chi connectivity index (χ2v) is 30.0. The summed E-state index contributed by atoms with van der Waals surface area (Å²) in [6.45, 7) is 25.1. The molecular formula is C82H109N17O11. The van der Waals surface area contributed by atoms with Crippen molar-refractivity contribution >= 4 is 17.7 Å². The van der Waals surface area contributed by atoms with E-state index in [1.54, 1.807) is 26.0 Å². The van der Waals surface area contributed by atoms with Gasteiger partial charge in [-0.25, -0.2) is 34.7 Å². The molecule has 9 aromatic rings. The molecule has 5 aliphatic heterocycles. The molecule has 588 valence electrons. The van der Waals surface area contributed by atoms with Crippen molar-refractivity contribution in [2.75, 3.05) is 131 Å². The fourth-order valence-electron chi connectivity index (χ4n) is 16.0. The fraction of sp³-hybridized carbons (Fsp3) is 0.512. The van der Waals surface area contributed by atoms with Gasteiger partial charge in [-0.3, -0.25) is 4.90 Å². The van der Waals surface area contributed by atoms with Crippen LogP contribution in [0.15, 0.2) is 86.4 Å². The second kappa shape index (κ2) is 36.1. The van der Waals surface area contributed by atoms with Crippen LogP contribution < -0.4 is 40.0 Å². The number of likely N-dealkylation sites (N-methyl/N-ethyl adjacent to an activating group) is 5. The number of piperidine rings is 1. The monoisotopic (exact) mass is 1510 g/mol. The number of carbonyl (C=O) groups excluding carboxylic acids is 1. The average Bonchev–Trinajstić information content (AvgIpc) is 1.51. The van der Waals surface area contributed by atoms with Gasteiger partial charge in [0.2, 0.25) is 0 Å². The van der Waals surface area contributed by atoms with Gasteiger partial charge in [-0.1, -0.05) is 51.9 Å². The van der Waals surface area contributed by atoms with Crippen LogP contribution in [0.2, 0.25) is 0 Å². The zero-order valence-electron chi connectivity index (χ0n) is 66.4. The van der Waals surface area contributed by atoms with Gasteiger partial charge in [-0.2, -0.15) is 0 Å². The van der Waals surface area contributed by atoms with E-state index in [9.17, 15) is 20.1 Å². The molecule has 0 radical (unpaired) electrons. The number of aliphatic hydroxyl groups is 3. The van der Waals surface area contributed by atoms with Gasteiger partial charge in [0.15, 0.2) is 17.5 Å². The zero-order valence-corrected chi connectivity index (χ0v) is 66.4. The van der Waals surface area contributed by atoms with E-state index in [0.29, 0.717) is 103 Å². The minimum atomic E-state index is -0.609. The summed E-state index contributed by atoms with van der Waals surface area (Å²) in [6, 6.07) is 25.1. The molecule has 0 spiro atoms. The van der Waals surface area contributed by atoms with Crippen LogP contribution in [0.1, 0.15) is 95.3 Å². The number of rotatable bonds is 25. The number of ether oxygens (including phenoxy) is 4. The maximum absolute atomic E-state index is 11.9. The lowest BCUT2D eigenvalue weighted by Gasteiger charge is -2.41. The van der Waals surface area contributed by atoms with Gasteiger partial charge < -0.3 is 83.4 Å². The quantitative estimate of drug-likeness (QED) is 0.0310. The molecule has 28 heteroatoms. The molecular weight excluding hydrogens is 1400 g/mol. The number of amides is 1. The van der Waals surface area contributed by atoms with Gasteiger partial charge in [-0.05, 0) is 190 Å². The number of aliphatic hydroxyl groups excluding tert-OH is 3. The zero-order chi connectivity index (χ0) is 78.0. The number of piperazine rings is 2. The lowest BCUT2D eigenvalue weighted by atomic mass is 9.90. The Labute approximate surface area is 644 Å². The third-order valence-electron chi connectivity index (χ3n) is 21.8. The van der Waals surface area contributed by atoms with Crippen LogP contribution in [-0.4, -0.2) is 245 Å². The van der Waals surface area contributed by atoms with Gasteiger partial charge in [0, 0.05) is 117 Å². The molecule has 1 amide bonds. The van der Waals surface area contributed by atoms with E-state index in [2.05, 4.69) is 79.0 Å². The van der Waals surface area contributed by atoms with Gasteiger partial charge >= 0.3 is 6.09 Å². The molecule has 6 N–H and O–H groups in total. The van der Waals surface area contributed by atoms with Crippen molar-refractivity contribution in [1.29, 1.82) is 0 Å². The van der Waals surface area contributed by atoms with Crippen LogP contribution in [-0.2, 0) is 11.2 Å². The molecule has 110 heavy (non-hydrogen) atoms. The number of carbonyl (C=O) groups is 1. The molecule has 4 bridgehead atoms. The average molecular weight is 1510 g/mol. The van der Waals surface area contributed by atoms with Crippen molar-refractivity contribution in [2.24, 2.45) is 5.92 Å². The van der Waals surface area contributed by atoms with E-state index in [-0.39, 0.29) is 25.9 Å². The van der Waals surface area contributed by atoms with E-state index in [0.717, 1.165) is 159 Å². The highest BCUT2D eigenvalue weighted by Gasteiger charge is 2.42. The summed E-state index contributed by atoms with van der Waals surface area (Å²) >= 11 is 0. The third kappa shape index (κ3) is 18.4. The third-order valence-corrected chi connectivity index (χ3v) is 21.8. The van der Waals surface area contributed by atoms with Crippen LogP contribution >= 0.6 is 0 Å². The molecule has 28 nitrogen and oxygen atoms in total. The van der Waals surface area contributed by atoms with E-state index in [4.69, 9.17) is 62.4 Å². The van der Waals surface area contributed by atoms with Gasteiger partial charge in [0.1, 0.15) is 84.3 Å². The largest absolute Gasteiger partial charge is 0.491 e. The van der Waals surface area contributed by atoms with Crippen LogP contribution in [0, 0.1) is 68.2 Å². The molecule has 0 saturated carbocycles. The normalized spacial score (nSPS) is 18.7. The number of hydrogen-bond donors (Lipinski definition) is 6. The number of anilines is 2. The highest BCUT2D eigenvalue weighted by Crippen LogP contribution is 2.43. The summed E-state index contributed by atoms with van der Waals surface area (Å²) in [5.74, 6) is 8.42. The Kier molecular flexibility index (Phi) is 26.3. The van der Waals surface area contributed by atoms with E-state index >= 15 is 0 Å². The Morgan fingerprint density at radius 2 is 0.882 bits per heavy atom. The van der Waals surface area contributed by atoms with Crippen LogP contribution in [0.3, 0.4) is 0 Å². The summed E-state index contributed by atoms with van der Waals surface area (Å²) in [4.78, 5) is 53.9. The number of aryl methyl sites for hydroxylation is 6. The standard InChI is InChI=1S/C28H37N5O5.2C27H36N6O3/c1-17-24(13-20-9-11-33(12-10-20)28(35)36-5)30-27(31-26(17)25-18(2)32-38-19(25)3)21-7-6-8-23(14-21)37-16-22(34)15-29-4;1-16-25(24-17(2)31-36-18(24)3)29-26(19-7-6-8-23(11-19)35-15-22(34)12-28-4)30-27(16)33-13-20-9-10-21(14-33)32(20)5;1-16-25(24-17(2)31-36-18(24)3)29-26(19-7-6-8-23(11-19)35-15-22(34)12-28-4)30-27(16)33-20-9-10-21(33)14-32(5)13-20/h6-8,14,20,22,29,34H,9-13,15-16H2,1-5H3;2*6-8,11,20-22,28,34H,9-10,12-15H2,1-5H3/t;2*20-,21+,22?. The van der Waals surface area contributed by atoms with E-state index in [1.165, 1.54) is 32.8 Å². The van der Waals surface area contributed by atoms with Crippen LogP contribution in [0.4, 0.5) is 16.4 Å². The fourth-order valence-corrected chi connectivity index (χ4v) is 16.0. The summed E-state index contributed by atoms with van der Waals surface area (Å²) in [5.41, 5.74) is 14.3. The number of nitrogens with one attached hydrogen (secondary N) is 3. The van der Waals surface area contributed by atoms with Crippen molar-refractivity contribution in [3.8, 4) is 85.2 Å². The SMILES string of the molecule is CNCC(O)COc1cccc(-c2nc(-c3c(C)noc3C)c(C)c(N3C[C@H]4CC[C@@H](C3)N4C)n2)c1.CNCC(O)COc1cccc(-c2nc(-c3c(C)noc3C)c(C)c(N3[C@@H]4CC[C@H]3CN(C)C4)n2)c1.CNCC(O)COc1cccc(-c2nc(CC3CCN(C(=O)OC)CC3)c(C)c(-c3c(C)noc3C)n2)c1. The predicted molar refractivity (Wildman–Crippen MR) is 422 cm³/mol. The lowest BCUT2D eigenvalue weighted by molar-refractivity contribution is 0.106. The Morgan fingerprint density at radius 3 is 1.27 bits per heavy atom. The maximum atomic E-state index is 11.9. The summed E-state index contributed by atoms with van der Waals surface area (Å²) in [6.07, 6.45) is 5.29. The molecule has 0 aliphatic carbocycles. The molecule has 5 aliphatic rings. The minimum absolute atomic E-state index is 0.179. The maximum Gasteiger partial charge on any atom is 0.409 e. The van der Waals surface area contributed by atoms with Crippen molar-refractivity contribution in [1.82, 2.24) is 76.0 Å². The van der Waals surface area contributed by atoms with Crippen LogP contribution in [0.5, 0.6) is 17.2 Å². The van der Waals surface area contributed by atoms with Crippen molar-refractivity contribution in [2.45, 2.75) is 150 Å². The predicted octanol–water partition coefficient (Wildman–Crippen LogP) is 9.64. The number of methoxy groups -OCH3 is 1. The van der Waals surface area contributed by atoms with Gasteiger partial charge in [0.05, 0.1) is 58.0 Å². The number of nitrogens with zero attached hydrogens (tertiary/aromatic N) is 14. The van der Waals surface area contributed by atoms with E-state index in [1.807, 2.05) is 121 Å². The highest BCUT2D eigenvalue weighted by atomic mass is 16.5. The Hall–Kier alpha value is -9.52. The van der Waals surface area contributed by atoms with Crippen molar-refractivity contribution in [3.05, 3.63) is 130 Å². The first-order chi connectivity index (χ1) is 53.0. The summed E-state index contributed by atoms with van der Waals surface area (Å²) in [7, 11) is 11.3. The summed E-state index contributed by atoms with van der Waals surface area (Å²) < 4.78 is 38.9. The number of likely N-dealkylation sites (tertiary alicyclic amines) is 2. The highest BCUT2D eigenvalue weighted by molar-refractivity contribution is 5.78. The summed E-state index contributed by atoms with van der Waals surface area (Å²) in [5, 5.41) is 51.5. The first kappa shape index (κ1) is 80.0. The Morgan fingerprint density at radius 1 is 0.500 bits per heavy atom. The number of hydrogen-bond acceptors (Lipinski definition) is 27. The lowest BCUT2D eigenvalue weighted by Crippen LogP contribution is -2.53. The first-order valence-electron chi connectivity index (χ1n) is 38.4. The molecule has 6 aromatic heterocycles. The number of benzene rings is 3. The van der Waals surface area contributed by atoms with Crippen molar-refractivity contribution in [3.63, 3.8) is 0 Å². The first-order valence-corrected chi connectivity index (χ1v) is 38.4. The molecule has 5 saturated heterocycles. The molecule has 3 unspecified atom stereocenters. The van der Waals surface area contributed by atoms with E-state index < -0.39 is 18.3 Å². The molecule has 5 fully saturated rings. The second-order valence-electron chi connectivity index (χ2n) is 30.0. The Bertz CT molecular complexity index is 4530. The molecule has 3 aromatic carbocycles. The minimum Gasteiger partial charge on any atom is -0.491 e. The van der Waals surface area contributed by atoms with Gasteiger partial charge in [0.25, 0.3) is 0 Å². The molecule has 7 atom stereocenters. The van der Waals surface area contributed by atoms with Crippen molar-refractivity contribution < 1.29 is 52.6 Å². The number of fused-ring (bicyclic) bond motifs is 4.